The molecule has 1 fully saturated rings. The molecule has 170 valence electrons. The summed E-state index contributed by atoms with van der Waals surface area (Å²) in [6.07, 6.45) is 5.54. The minimum Gasteiger partial charge on any atom is -0.307 e. The Morgan fingerprint density at radius 2 is 1.84 bits per heavy atom. The molecule has 0 radical (unpaired) electrons. The van der Waals surface area contributed by atoms with E-state index in [4.69, 9.17) is 11.6 Å². The summed E-state index contributed by atoms with van der Waals surface area (Å²) in [5, 5.41) is 3.06. The van der Waals surface area contributed by atoms with Crippen molar-refractivity contribution >= 4 is 44.5 Å². The number of benzene rings is 2. The van der Waals surface area contributed by atoms with E-state index in [0.717, 1.165) is 36.7 Å². The molecule has 0 aliphatic heterocycles. The molecule has 2 N–H and O–H groups in total. The number of hydrogen-bond donors (Lipinski definition) is 2. The lowest BCUT2D eigenvalue weighted by molar-refractivity contribution is 0.102. The highest BCUT2D eigenvalue weighted by atomic mass is 35.5. The Kier molecular flexibility index (Phi) is 6.55. The number of halogens is 1. The molecule has 1 amide bonds. The molecule has 4 rings (SSSR count). The van der Waals surface area contributed by atoms with Gasteiger partial charge in [0.1, 0.15) is 0 Å². The van der Waals surface area contributed by atoms with Gasteiger partial charge >= 0.3 is 0 Å². The van der Waals surface area contributed by atoms with Gasteiger partial charge in [-0.15, -0.1) is 0 Å². The Hall–Kier alpha value is -2.42. The SMILES string of the molecule is CC(C)NS(=O)(=O)c1ccc(Cl)c(C(=O)Nc2nc3ccccc3n2C2CCCCC2)c1. The summed E-state index contributed by atoms with van der Waals surface area (Å²) in [7, 11) is -3.76. The van der Waals surface area contributed by atoms with Gasteiger partial charge in [-0.3, -0.25) is 10.1 Å². The molecule has 0 unspecified atom stereocenters. The van der Waals surface area contributed by atoms with Gasteiger partial charge in [-0.05, 0) is 57.0 Å². The van der Waals surface area contributed by atoms with Crippen LogP contribution in [0.5, 0.6) is 0 Å². The van der Waals surface area contributed by atoms with E-state index in [1.165, 1.54) is 24.6 Å². The summed E-state index contributed by atoms with van der Waals surface area (Å²) in [5.74, 6) is -0.0447. The van der Waals surface area contributed by atoms with E-state index in [1.807, 2.05) is 24.3 Å². The fraction of sp³-hybridized carbons (Fsp3) is 0.391. The molecule has 1 heterocycles. The number of para-hydroxylation sites is 2. The van der Waals surface area contributed by atoms with Crippen molar-refractivity contribution in [3.05, 3.63) is 53.1 Å². The molecule has 0 bridgehead atoms. The number of nitrogens with zero attached hydrogens (tertiary/aromatic N) is 2. The first kappa shape index (κ1) is 22.8. The largest absolute Gasteiger partial charge is 0.307 e. The number of carbonyl (C=O) groups excluding carboxylic acids is 1. The smallest absolute Gasteiger partial charge is 0.259 e. The Balaban J connectivity index is 1.70. The van der Waals surface area contributed by atoms with Gasteiger partial charge in [-0.1, -0.05) is 43.0 Å². The Labute approximate surface area is 193 Å². The summed E-state index contributed by atoms with van der Waals surface area (Å²) >= 11 is 6.28. The number of amides is 1. The minimum atomic E-state index is -3.76. The van der Waals surface area contributed by atoms with Crippen LogP contribution < -0.4 is 10.0 Å². The van der Waals surface area contributed by atoms with Gasteiger partial charge in [0, 0.05) is 12.1 Å². The molecule has 0 saturated heterocycles. The average molecular weight is 475 g/mol. The number of imidazole rings is 1. The number of rotatable bonds is 6. The Morgan fingerprint density at radius 3 is 2.56 bits per heavy atom. The monoisotopic (exact) mass is 474 g/mol. The van der Waals surface area contributed by atoms with Crippen molar-refractivity contribution in [2.24, 2.45) is 0 Å². The molecule has 1 aliphatic carbocycles. The summed E-state index contributed by atoms with van der Waals surface area (Å²) in [5.41, 5.74) is 1.86. The maximum absolute atomic E-state index is 13.2. The van der Waals surface area contributed by atoms with E-state index in [1.54, 1.807) is 13.8 Å². The fourth-order valence-electron chi connectivity index (χ4n) is 4.23. The van der Waals surface area contributed by atoms with Gasteiger partial charge in [0.15, 0.2) is 0 Å². The fourth-order valence-corrected chi connectivity index (χ4v) is 5.71. The van der Waals surface area contributed by atoms with Crippen molar-refractivity contribution < 1.29 is 13.2 Å². The molecule has 0 spiro atoms. The molecule has 7 nitrogen and oxygen atoms in total. The molecule has 9 heteroatoms. The zero-order valence-electron chi connectivity index (χ0n) is 18.1. The van der Waals surface area contributed by atoms with Crippen molar-refractivity contribution in [2.45, 2.75) is 62.9 Å². The second-order valence-electron chi connectivity index (χ2n) is 8.46. The Bertz CT molecular complexity index is 1250. The first-order valence-electron chi connectivity index (χ1n) is 10.9. The second kappa shape index (κ2) is 9.21. The molecule has 3 aromatic rings. The third-order valence-electron chi connectivity index (χ3n) is 5.64. The summed E-state index contributed by atoms with van der Waals surface area (Å²) in [6, 6.07) is 11.9. The van der Waals surface area contributed by atoms with Crippen LogP contribution >= 0.6 is 11.6 Å². The Morgan fingerprint density at radius 1 is 1.12 bits per heavy atom. The molecular formula is C23H27ClN4O3S. The number of fused-ring (bicyclic) bond motifs is 1. The maximum Gasteiger partial charge on any atom is 0.259 e. The van der Waals surface area contributed by atoms with Crippen LogP contribution in [0.4, 0.5) is 5.95 Å². The lowest BCUT2D eigenvalue weighted by atomic mass is 9.95. The molecule has 1 aromatic heterocycles. The third kappa shape index (κ3) is 4.67. The van der Waals surface area contributed by atoms with E-state index in [2.05, 4.69) is 19.6 Å². The summed E-state index contributed by atoms with van der Waals surface area (Å²) < 4.78 is 29.7. The van der Waals surface area contributed by atoms with Crippen molar-refractivity contribution in [1.82, 2.24) is 14.3 Å². The quantitative estimate of drug-likeness (QED) is 0.517. The van der Waals surface area contributed by atoms with Gasteiger partial charge in [-0.25, -0.2) is 18.1 Å². The first-order valence-corrected chi connectivity index (χ1v) is 12.7. The van der Waals surface area contributed by atoms with Crippen molar-refractivity contribution in [2.75, 3.05) is 5.32 Å². The van der Waals surface area contributed by atoms with Crippen LogP contribution in [0.25, 0.3) is 11.0 Å². The zero-order valence-corrected chi connectivity index (χ0v) is 19.7. The van der Waals surface area contributed by atoms with E-state index >= 15 is 0 Å². The topological polar surface area (TPSA) is 93.1 Å². The average Bonchev–Trinajstić information content (AvgIpc) is 3.11. The number of aromatic nitrogens is 2. The van der Waals surface area contributed by atoms with E-state index in [-0.39, 0.29) is 27.6 Å². The van der Waals surface area contributed by atoms with Gasteiger partial charge in [0.2, 0.25) is 16.0 Å². The maximum atomic E-state index is 13.2. The normalized spacial score (nSPS) is 15.4. The van der Waals surface area contributed by atoms with Crippen LogP contribution in [0.1, 0.15) is 62.4 Å². The van der Waals surface area contributed by atoms with Gasteiger partial charge in [0.05, 0.1) is 26.5 Å². The highest BCUT2D eigenvalue weighted by Crippen LogP contribution is 2.34. The first-order chi connectivity index (χ1) is 15.3. The lowest BCUT2D eigenvalue weighted by Crippen LogP contribution is -2.30. The van der Waals surface area contributed by atoms with Crippen LogP contribution in [-0.2, 0) is 10.0 Å². The van der Waals surface area contributed by atoms with Crippen LogP contribution in [-0.4, -0.2) is 29.9 Å². The van der Waals surface area contributed by atoms with Crippen LogP contribution in [0.15, 0.2) is 47.4 Å². The summed E-state index contributed by atoms with van der Waals surface area (Å²) in [4.78, 5) is 17.8. The van der Waals surface area contributed by atoms with E-state index in [0.29, 0.717) is 5.95 Å². The van der Waals surface area contributed by atoms with Crippen molar-refractivity contribution in [3.63, 3.8) is 0 Å². The standard InChI is InChI=1S/C23H27ClN4O3S/c1-15(2)27-32(30,31)17-12-13-19(24)18(14-17)22(29)26-23-25-20-10-6-7-11-21(20)28(23)16-8-4-3-5-9-16/h6-7,10-16,27H,3-5,8-9H2,1-2H3,(H,25,26,29). The number of hydrogen-bond acceptors (Lipinski definition) is 4. The molecule has 2 aromatic carbocycles. The summed E-state index contributed by atoms with van der Waals surface area (Å²) in [6.45, 7) is 3.47. The highest BCUT2D eigenvalue weighted by molar-refractivity contribution is 7.89. The highest BCUT2D eigenvalue weighted by Gasteiger charge is 2.24. The minimum absolute atomic E-state index is 0.0125. The van der Waals surface area contributed by atoms with E-state index in [9.17, 15) is 13.2 Å². The number of carbonyl (C=O) groups is 1. The number of sulfonamides is 1. The zero-order chi connectivity index (χ0) is 22.9. The predicted molar refractivity (Wildman–Crippen MR) is 127 cm³/mol. The van der Waals surface area contributed by atoms with Crippen LogP contribution in [0, 0.1) is 0 Å². The van der Waals surface area contributed by atoms with Gasteiger partial charge in [-0.2, -0.15) is 0 Å². The predicted octanol–water partition coefficient (Wildman–Crippen LogP) is 5.13. The number of anilines is 1. The van der Waals surface area contributed by atoms with Gasteiger partial charge < -0.3 is 4.57 Å². The lowest BCUT2D eigenvalue weighted by Gasteiger charge is -2.25. The van der Waals surface area contributed by atoms with Crippen molar-refractivity contribution in [1.29, 1.82) is 0 Å². The molecule has 1 aliphatic rings. The van der Waals surface area contributed by atoms with Crippen LogP contribution in [0.3, 0.4) is 0 Å². The molecule has 0 atom stereocenters. The van der Waals surface area contributed by atoms with Crippen molar-refractivity contribution in [3.8, 4) is 0 Å². The second-order valence-corrected chi connectivity index (χ2v) is 10.6. The molecule has 32 heavy (non-hydrogen) atoms. The third-order valence-corrected chi connectivity index (χ3v) is 7.63. The van der Waals surface area contributed by atoms with E-state index < -0.39 is 15.9 Å². The molecule has 1 saturated carbocycles. The number of nitrogens with one attached hydrogen (secondary N) is 2. The molecular weight excluding hydrogens is 448 g/mol. The van der Waals surface area contributed by atoms with Crippen LogP contribution in [0.2, 0.25) is 5.02 Å². The van der Waals surface area contributed by atoms with Gasteiger partial charge in [0.25, 0.3) is 5.91 Å².